The summed E-state index contributed by atoms with van der Waals surface area (Å²) in [5, 5.41) is 14.3. The van der Waals surface area contributed by atoms with Crippen molar-refractivity contribution < 1.29 is 14.7 Å². The number of nitrogens with zero attached hydrogens (tertiary/aromatic N) is 1. The van der Waals surface area contributed by atoms with Gasteiger partial charge in [-0.2, -0.15) is 0 Å². The fraction of sp³-hybridized carbons (Fsp3) is 0.417. The smallest absolute Gasteiger partial charge is 0.307 e. The Morgan fingerprint density at radius 1 is 1.33 bits per heavy atom. The van der Waals surface area contributed by atoms with Gasteiger partial charge < -0.3 is 10.4 Å². The molecule has 1 aromatic heterocycles. The summed E-state index contributed by atoms with van der Waals surface area (Å²) in [5.74, 6) is -2.13. The number of hydrogen-bond acceptors (Lipinski definition) is 4. The summed E-state index contributed by atoms with van der Waals surface area (Å²) < 4.78 is 0. The predicted molar refractivity (Wildman–Crippen MR) is 66.1 cm³/mol. The Bertz CT molecular complexity index is 511. The molecule has 4 atom stereocenters. The van der Waals surface area contributed by atoms with Gasteiger partial charge in [-0.1, -0.05) is 12.2 Å². The molecule has 3 rings (SSSR count). The number of thiazole rings is 1. The van der Waals surface area contributed by atoms with Crippen LogP contribution in [0.5, 0.6) is 0 Å². The van der Waals surface area contributed by atoms with Gasteiger partial charge >= 0.3 is 5.97 Å². The van der Waals surface area contributed by atoms with E-state index >= 15 is 0 Å². The standard InChI is InChI=1S/C12H12N2O3S/c15-10(14-12-13-3-4-18-12)8-6-1-2-7(5-6)9(8)11(16)17/h1-4,6-9H,5H2,(H,16,17)(H,13,14,15)/t6?,7?,8-,9+/m1/s1. The molecule has 2 aliphatic rings. The normalized spacial score (nSPS) is 32.7. The van der Waals surface area contributed by atoms with Crippen LogP contribution >= 0.6 is 11.3 Å². The second-order valence-corrected chi connectivity index (χ2v) is 5.56. The number of hydrogen-bond donors (Lipinski definition) is 2. The number of aliphatic carboxylic acids is 1. The lowest BCUT2D eigenvalue weighted by Gasteiger charge is -2.23. The molecule has 94 valence electrons. The Hall–Kier alpha value is -1.69. The molecule has 0 saturated heterocycles. The molecule has 0 aromatic carbocycles. The summed E-state index contributed by atoms with van der Waals surface area (Å²) in [6.45, 7) is 0. The zero-order valence-electron chi connectivity index (χ0n) is 9.45. The summed E-state index contributed by atoms with van der Waals surface area (Å²) >= 11 is 1.33. The van der Waals surface area contributed by atoms with Gasteiger partial charge in [-0.15, -0.1) is 11.3 Å². The van der Waals surface area contributed by atoms with E-state index in [1.807, 2.05) is 12.2 Å². The Labute approximate surface area is 108 Å². The van der Waals surface area contributed by atoms with Crippen LogP contribution in [-0.2, 0) is 9.59 Å². The van der Waals surface area contributed by atoms with Crippen molar-refractivity contribution in [2.75, 3.05) is 5.32 Å². The minimum absolute atomic E-state index is 0.000421. The highest BCUT2D eigenvalue weighted by Gasteiger charge is 2.51. The van der Waals surface area contributed by atoms with Crippen LogP contribution in [0, 0.1) is 23.7 Å². The molecule has 2 unspecified atom stereocenters. The number of carbonyl (C=O) groups is 2. The number of carboxylic acids is 1. The summed E-state index contributed by atoms with van der Waals surface area (Å²) in [6, 6.07) is 0. The van der Waals surface area contributed by atoms with Crippen LogP contribution in [0.3, 0.4) is 0 Å². The second kappa shape index (κ2) is 4.20. The molecule has 1 saturated carbocycles. The van der Waals surface area contributed by atoms with E-state index < -0.39 is 17.8 Å². The highest BCUT2D eigenvalue weighted by molar-refractivity contribution is 7.13. The van der Waals surface area contributed by atoms with Crippen molar-refractivity contribution in [3.63, 3.8) is 0 Å². The number of carboxylic acid groups (broad SMARTS) is 1. The third-order valence-corrected chi connectivity index (χ3v) is 4.40. The average molecular weight is 264 g/mol. The number of carbonyl (C=O) groups excluding carboxylic acids is 1. The molecule has 1 heterocycles. The monoisotopic (exact) mass is 264 g/mol. The third-order valence-electron chi connectivity index (χ3n) is 3.71. The maximum absolute atomic E-state index is 12.2. The van der Waals surface area contributed by atoms with Crippen LogP contribution in [0.4, 0.5) is 5.13 Å². The van der Waals surface area contributed by atoms with Crippen molar-refractivity contribution >= 4 is 28.3 Å². The van der Waals surface area contributed by atoms with Crippen LogP contribution in [0.25, 0.3) is 0 Å². The number of amides is 1. The van der Waals surface area contributed by atoms with Gasteiger partial charge in [0.25, 0.3) is 0 Å². The van der Waals surface area contributed by atoms with Crippen LogP contribution in [0.2, 0.25) is 0 Å². The zero-order valence-corrected chi connectivity index (χ0v) is 10.3. The SMILES string of the molecule is O=C(Nc1nccs1)[C@@H]1C2C=CC(C2)[C@@H]1C(=O)O. The first-order valence-corrected chi connectivity index (χ1v) is 6.66. The van der Waals surface area contributed by atoms with Gasteiger partial charge in [0.05, 0.1) is 11.8 Å². The molecule has 1 amide bonds. The quantitative estimate of drug-likeness (QED) is 0.813. The Kier molecular flexibility index (Phi) is 2.66. The number of fused-ring (bicyclic) bond motifs is 2. The molecule has 2 N–H and O–H groups in total. The Morgan fingerprint density at radius 2 is 2.06 bits per heavy atom. The van der Waals surface area contributed by atoms with Gasteiger partial charge in [0.15, 0.2) is 5.13 Å². The summed E-state index contributed by atoms with van der Waals surface area (Å²) in [7, 11) is 0. The fourth-order valence-corrected chi connectivity index (χ4v) is 3.52. The fourth-order valence-electron chi connectivity index (χ4n) is 2.99. The van der Waals surface area contributed by atoms with E-state index in [9.17, 15) is 14.7 Å². The van der Waals surface area contributed by atoms with Gasteiger partial charge in [0, 0.05) is 11.6 Å². The van der Waals surface area contributed by atoms with Crippen LogP contribution in [0.1, 0.15) is 6.42 Å². The second-order valence-electron chi connectivity index (χ2n) is 4.66. The van der Waals surface area contributed by atoms with Crippen molar-refractivity contribution in [3.8, 4) is 0 Å². The van der Waals surface area contributed by atoms with Gasteiger partial charge in [-0.3, -0.25) is 9.59 Å². The number of nitrogens with one attached hydrogen (secondary N) is 1. The minimum Gasteiger partial charge on any atom is -0.481 e. The van der Waals surface area contributed by atoms with E-state index in [2.05, 4.69) is 10.3 Å². The molecule has 2 aliphatic carbocycles. The zero-order chi connectivity index (χ0) is 12.7. The average Bonchev–Trinajstić information content (AvgIpc) is 3.03. The molecule has 2 bridgehead atoms. The number of anilines is 1. The molecule has 0 spiro atoms. The van der Waals surface area contributed by atoms with Crippen molar-refractivity contribution in [2.24, 2.45) is 23.7 Å². The first-order valence-electron chi connectivity index (χ1n) is 5.78. The van der Waals surface area contributed by atoms with Gasteiger partial charge in [-0.25, -0.2) is 4.98 Å². The first-order chi connectivity index (χ1) is 8.66. The van der Waals surface area contributed by atoms with Crippen LogP contribution < -0.4 is 5.32 Å². The maximum atomic E-state index is 12.2. The van der Waals surface area contributed by atoms with Gasteiger partial charge in [-0.05, 0) is 18.3 Å². The highest BCUT2D eigenvalue weighted by atomic mass is 32.1. The molecule has 18 heavy (non-hydrogen) atoms. The van der Waals surface area contributed by atoms with Crippen molar-refractivity contribution in [2.45, 2.75) is 6.42 Å². The van der Waals surface area contributed by atoms with Crippen molar-refractivity contribution in [3.05, 3.63) is 23.7 Å². The van der Waals surface area contributed by atoms with Gasteiger partial charge in [0.2, 0.25) is 5.91 Å². The van der Waals surface area contributed by atoms with E-state index in [0.717, 1.165) is 6.42 Å². The molecule has 1 fully saturated rings. The molecule has 5 nitrogen and oxygen atoms in total. The highest BCUT2D eigenvalue weighted by Crippen LogP contribution is 2.48. The van der Waals surface area contributed by atoms with Crippen LogP contribution in [0.15, 0.2) is 23.7 Å². The largest absolute Gasteiger partial charge is 0.481 e. The van der Waals surface area contributed by atoms with Crippen molar-refractivity contribution in [1.82, 2.24) is 4.98 Å². The van der Waals surface area contributed by atoms with Crippen LogP contribution in [-0.4, -0.2) is 22.0 Å². The van der Waals surface area contributed by atoms with E-state index in [0.29, 0.717) is 5.13 Å². The van der Waals surface area contributed by atoms with E-state index in [-0.39, 0.29) is 17.7 Å². The lowest BCUT2D eigenvalue weighted by atomic mass is 9.82. The lowest BCUT2D eigenvalue weighted by molar-refractivity contribution is -0.146. The number of aromatic nitrogens is 1. The minimum atomic E-state index is -0.883. The molecular weight excluding hydrogens is 252 g/mol. The Balaban J connectivity index is 1.80. The molecule has 0 radical (unpaired) electrons. The summed E-state index contributed by atoms with van der Waals surface area (Å²) in [4.78, 5) is 27.4. The third kappa shape index (κ3) is 1.73. The maximum Gasteiger partial charge on any atom is 0.307 e. The summed E-state index contributed by atoms with van der Waals surface area (Å²) in [5.41, 5.74) is 0. The topological polar surface area (TPSA) is 79.3 Å². The molecule has 6 heteroatoms. The summed E-state index contributed by atoms with van der Waals surface area (Å²) in [6.07, 6.45) is 6.27. The van der Waals surface area contributed by atoms with E-state index in [1.165, 1.54) is 11.3 Å². The lowest BCUT2D eigenvalue weighted by Crippen LogP contribution is -2.36. The van der Waals surface area contributed by atoms with E-state index in [4.69, 9.17) is 0 Å². The Morgan fingerprint density at radius 3 is 2.67 bits per heavy atom. The number of allylic oxidation sites excluding steroid dienone is 2. The van der Waals surface area contributed by atoms with Crippen molar-refractivity contribution in [1.29, 1.82) is 0 Å². The first kappa shape index (κ1) is 11.4. The molecule has 0 aliphatic heterocycles. The molecule has 1 aromatic rings. The van der Waals surface area contributed by atoms with Gasteiger partial charge in [0.1, 0.15) is 0 Å². The predicted octanol–water partition coefficient (Wildman–Crippen LogP) is 1.60. The van der Waals surface area contributed by atoms with E-state index in [1.54, 1.807) is 11.6 Å². The molecular formula is C12H12N2O3S. The number of rotatable bonds is 3.